The van der Waals surface area contributed by atoms with Gasteiger partial charge in [-0.25, -0.2) is 4.79 Å². The molecule has 0 bridgehead atoms. The summed E-state index contributed by atoms with van der Waals surface area (Å²) in [6, 6.07) is 0. The molecule has 0 radical (unpaired) electrons. The van der Waals surface area contributed by atoms with Crippen molar-refractivity contribution in [3.63, 3.8) is 0 Å². The zero-order chi connectivity index (χ0) is 14.4. The zero-order valence-corrected chi connectivity index (χ0v) is 11.0. The highest BCUT2D eigenvalue weighted by Crippen LogP contribution is 2.41. The lowest BCUT2D eigenvalue weighted by atomic mass is 10.1. The van der Waals surface area contributed by atoms with E-state index in [0.717, 1.165) is 17.5 Å². The molecule has 1 N–H and O–H groups in total. The molecule has 0 aliphatic heterocycles. The van der Waals surface area contributed by atoms with Crippen LogP contribution < -0.4 is 0 Å². The number of hydrogen-bond donors (Lipinski definition) is 1. The molecule has 1 heterocycles. The molecule has 1 aliphatic rings. The van der Waals surface area contributed by atoms with Crippen molar-refractivity contribution in [2.75, 3.05) is 7.11 Å². The van der Waals surface area contributed by atoms with Crippen LogP contribution in [0.25, 0.3) is 0 Å². The number of carboxylic acid groups (broad SMARTS) is 1. The minimum Gasteiger partial charge on any atom is -0.477 e. The van der Waals surface area contributed by atoms with Crippen LogP contribution in [0, 0.1) is 6.92 Å². The van der Waals surface area contributed by atoms with Gasteiger partial charge in [-0.05, 0) is 19.8 Å². The second-order valence-electron chi connectivity index (χ2n) is 5.06. The van der Waals surface area contributed by atoms with Crippen LogP contribution in [-0.4, -0.2) is 33.6 Å². The molecule has 7 heteroatoms. The molecule has 1 aromatic heterocycles. The second-order valence-corrected chi connectivity index (χ2v) is 5.06. The largest absolute Gasteiger partial charge is 0.477 e. The van der Waals surface area contributed by atoms with E-state index in [1.54, 1.807) is 0 Å². The lowest BCUT2D eigenvalue weighted by molar-refractivity contribution is 0.0103. The van der Waals surface area contributed by atoms with E-state index in [4.69, 9.17) is 9.84 Å². The minimum absolute atomic E-state index is 0.00639. The predicted molar refractivity (Wildman–Crippen MR) is 62.5 cm³/mol. The fourth-order valence-electron chi connectivity index (χ4n) is 2.19. The molecule has 1 saturated carbocycles. The third-order valence-electron chi connectivity index (χ3n) is 3.49. The Morgan fingerprint density at radius 2 is 2.16 bits per heavy atom. The van der Waals surface area contributed by atoms with Crippen molar-refractivity contribution in [3.8, 4) is 0 Å². The summed E-state index contributed by atoms with van der Waals surface area (Å²) in [5.74, 6) is -4.42. The molecule has 0 atom stereocenters. The molecular formula is C12H16F2N2O3. The van der Waals surface area contributed by atoms with Crippen LogP contribution >= 0.6 is 0 Å². The number of aromatic carboxylic acids is 1. The first-order chi connectivity index (χ1) is 8.70. The van der Waals surface area contributed by atoms with Crippen LogP contribution in [0.5, 0.6) is 0 Å². The van der Waals surface area contributed by atoms with Gasteiger partial charge < -0.3 is 9.84 Å². The van der Waals surface area contributed by atoms with Gasteiger partial charge in [-0.15, -0.1) is 0 Å². The summed E-state index contributed by atoms with van der Waals surface area (Å²) >= 11 is 0. The lowest BCUT2D eigenvalue weighted by Gasteiger charge is -2.14. The van der Waals surface area contributed by atoms with Gasteiger partial charge in [0.1, 0.15) is 11.4 Å². The number of methoxy groups -OCH3 is 1. The third kappa shape index (κ3) is 2.47. The number of aromatic nitrogens is 2. The van der Waals surface area contributed by atoms with E-state index in [1.807, 2.05) is 0 Å². The molecule has 106 valence electrons. The predicted octanol–water partition coefficient (Wildman–Crippen LogP) is 2.18. The van der Waals surface area contributed by atoms with Gasteiger partial charge in [-0.3, -0.25) is 4.68 Å². The van der Waals surface area contributed by atoms with E-state index in [0.29, 0.717) is 6.92 Å². The van der Waals surface area contributed by atoms with Gasteiger partial charge in [0.25, 0.3) is 5.92 Å². The Bertz CT molecular complexity index is 516. The van der Waals surface area contributed by atoms with E-state index in [-0.39, 0.29) is 17.8 Å². The van der Waals surface area contributed by atoms with Crippen molar-refractivity contribution in [3.05, 3.63) is 17.0 Å². The van der Waals surface area contributed by atoms with Gasteiger partial charge in [0.15, 0.2) is 0 Å². The summed E-state index contributed by atoms with van der Waals surface area (Å²) in [4.78, 5) is 11.2. The molecule has 0 saturated heterocycles. The van der Waals surface area contributed by atoms with Gasteiger partial charge in [0.05, 0.1) is 12.1 Å². The monoisotopic (exact) mass is 274 g/mol. The summed E-state index contributed by atoms with van der Waals surface area (Å²) in [5.41, 5.74) is -1.13. The normalized spacial score (nSPS) is 17.5. The standard InChI is InChI=1S/C12H16F2N2O3/c1-7-8(10(17)18)16(6-12(19-3)4-5-12)15-9(7)11(2,13)14/h4-6H2,1-3H3,(H,17,18). The Morgan fingerprint density at radius 3 is 2.53 bits per heavy atom. The number of rotatable bonds is 5. The number of carbonyl (C=O) groups is 1. The van der Waals surface area contributed by atoms with Crippen LogP contribution in [0.2, 0.25) is 0 Å². The van der Waals surface area contributed by atoms with E-state index in [2.05, 4.69) is 5.10 Å². The van der Waals surface area contributed by atoms with Crippen molar-refractivity contribution in [1.29, 1.82) is 0 Å². The van der Waals surface area contributed by atoms with Crippen LogP contribution in [0.15, 0.2) is 0 Å². The smallest absolute Gasteiger partial charge is 0.354 e. The molecule has 0 aromatic carbocycles. The first-order valence-electron chi connectivity index (χ1n) is 5.94. The first kappa shape index (κ1) is 13.9. The van der Waals surface area contributed by atoms with Crippen molar-refractivity contribution < 1.29 is 23.4 Å². The SMILES string of the molecule is COC1(Cn2nc(C(C)(F)F)c(C)c2C(=O)O)CC1. The minimum atomic E-state index is -3.16. The Morgan fingerprint density at radius 1 is 1.58 bits per heavy atom. The van der Waals surface area contributed by atoms with Crippen molar-refractivity contribution >= 4 is 5.97 Å². The summed E-state index contributed by atoms with van der Waals surface area (Å²) in [5, 5.41) is 13.0. The molecule has 1 aliphatic carbocycles. The van der Waals surface area contributed by atoms with E-state index < -0.39 is 23.2 Å². The molecule has 2 rings (SSSR count). The highest BCUT2D eigenvalue weighted by molar-refractivity contribution is 5.87. The topological polar surface area (TPSA) is 64.4 Å². The fourth-order valence-corrected chi connectivity index (χ4v) is 2.19. The average Bonchev–Trinajstić information content (AvgIpc) is 2.95. The number of ether oxygens (including phenoxy) is 1. The van der Waals surface area contributed by atoms with E-state index >= 15 is 0 Å². The first-order valence-corrected chi connectivity index (χ1v) is 5.94. The average molecular weight is 274 g/mol. The quantitative estimate of drug-likeness (QED) is 0.893. The van der Waals surface area contributed by atoms with Crippen LogP contribution in [-0.2, 0) is 17.2 Å². The summed E-state index contributed by atoms with van der Waals surface area (Å²) in [6.45, 7) is 2.25. The highest BCUT2D eigenvalue weighted by atomic mass is 19.3. The fraction of sp³-hybridized carbons (Fsp3) is 0.667. The molecular weight excluding hydrogens is 258 g/mol. The summed E-state index contributed by atoms with van der Waals surface area (Å²) in [7, 11) is 1.53. The Balaban J connectivity index is 2.45. The Kier molecular flexibility index (Phi) is 3.12. The van der Waals surface area contributed by atoms with Crippen LogP contribution in [0.1, 0.15) is 41.5 Å². The molecule has 19 heavy (non-hydrogen) atoms. The lowest BCUT2D eigenvalue weighted by Crippen LogP contribution is -2.24. The Labute approximate surface area is 109 Å². The zero-order valence-electron chi connectivity index (χ0n) is 11.0. The maximum absolute atomic E-state index is 13.4. The van der Waals surface area contributed by atoms with Gasteiger partial charge in [0, 0.05) is 19.6 Å². The number of halogens is 2. The van der Waals surface area contributed by atoms with Crippen LogP contribution in [0.4, 0.5) is 8.78 Å². The van der Waals surface area contributed by atoms with Crippen molar-refractivity contribution in [2.24, 2.45) is 0 Å². The summed E-state index contributed by atoms with van der Waals surface area (Å²) in [6.07, 6.45) is 1.55. The summed E-state index contributed by atoms with van der Waals surface area (Å²) < 4.78 is 33.2. The van der Waals surface area contributed by atoms with Gasteiger partial charge >= 0.3 is 5.97 Å². The van der Waals surface area contributed by atoms with E-state index in [9.17, 15) is 13.6 Å². The van der Waals surface area contributed by atoms with Gasteiger partial charge in [-0.2, -0.15) is 13.9 Å². The molecule has 1 aromatic rings. The maximum atomic E-state index is 13.4. The van der Waals surface area contributed by atoms with Gasteiger partial charge in [0.2, 0.25) is 0 Å². The number of carboxylic acids is 1. The second kappa shape index (κ2) is 4.26. The van der Waals surface area contributed by atoms with Crippen molar-refractivity contribution in [1.82, 2.24) is 9.78 Å². The third-order valence-corrected chi connectivity index (χ3v) is 3.49. The molecule has 0 unspecified atom stereocenters. The maximum Gasteiger partial charge on any atom is 0.354 e. The molecule has 0 amide bonds. The highest BCUT2D eigenvalue weighted by Gasteiger charge is 2.45. The Hall–Kier alpha value is -1.50. The number of nitrogens with zero attached hydrogens (tertiary/aromatic N) is 2. The molecule has 0 spiro atoms. The number of alkyl halides is 2. The van der Waals surface area contributed by atoms with Crippen molar-refractivity contribution in [2.45, 2.75) is 44.8 Å². The van der Waals surface area contributed by atoms with E-state index in [1.165, 1.54) is 14.0 Å². The number of hydrogen-bond acceptors (Lipinski definition) is 3. The molecule has 1 fully saturated rings. The molecule has 5 nitrogen and oxygen atoms in total. The van der Waals surface area contributed by atoms with Gasteiger partial charge in [-0.1, -0.05) is 0 Å². The van der Waals surface area contributed by atoms with Crippen LogP contribution in [0.3, 0.4) is 0 Å².